The van der Waals surface area contributed by atoms with Crippen molar-refractivity contribution in [1.29, 1.82) is 0 Å². The number of aromatic nitrogens is 1. The van der Waals surface area contributed by atoms with Crippen LogP contribution in [-0.4, -0.2) is 33.9 Å². The number of hydrogen-bond acceptors (Lipinski definition) is 7. The standard InChI is InChI=1S/C28H33ClFN5O3S/c1-6-35(7-2)39-33-21-9-8-10-22(24(21)29)38-25-17(4)28(37)34(5)26(23(25)27(36)31-18-12-13-18)32-20-14-11-16(3)15-19(20)30/h8-11,14-15,18,32-33H,6-7,12-13H2,1-5H3,(H,31,36). The van der Waals surface area contributed by atoms with Crippen LogP contribution in [0.4, 0.5) is 21.6 Å². The molecule has 1 fully saturated rings. The Bertz CT molecular complexity index is 1440. The molecule has 0 unspecified atom stereocenters. The minimum Gasteiger partial charge on any atom is -0.454 e. The van der Waals surface area contributed by atoms with Crippen LogP contribution in [0.2, 0.25) is 5.02 Å². The third-order valence-electron chi connectivity index (χ3n) is 6.45. The molecular weight excluding hydrogens is 541 g/mol. The van der Waals surface area contributed by atoms with Crippen molar-refractivity contribution in [3.63, 3.8) is 0 Å². The van der Waals surface area contributed by atoms with Crippen LogP contribution in [0.3, 0.4) is 0 Å². The third kappa shape index (κ3) is 6.51. The Balaban J connectivity index is 1.80. The highest BCUT2D eigenvalue weighted by Gasteiger charge is 2.31. The summed E-state index contributed by atoms with van der Waals surface area (Å²) in [6.07, 6.45) is 1.73. The van der Waals surface area contributed by atoms with Crippen LogP contribution in [0.15, 0.2) is 41.2 Å². The van der Waals surface area contributed by atoms with Gasteiger partial charge >= 0.3 is 0 Å². The number of carbonyl (C=O) groups excluding carboxylic acids is 1. The first-order valence-corrected chi connectivity index (χ1v) is 14.0. The number of anilines is 3. The number of carbonyl (C=O) groups is 1. The molecule has 3 aromatic rings. The zero-order valence-corrected chi connectivity index (χ0v) is 24.2. The van der Waals surface area contributed by atoms with Gasteiger partial charge in [0.25, 0.3) is 11.5 Å². The van der Waals surface area contributed by atoms with Gasteiger partial charge in [-0.2, -0.15) is 0 Å². The maximum absolute atomic E-state index is 14.8. The number of benzene rings is 2. The number of halogens is 2. The third-order valence-corrected chi connectivity index (χ3v) is 7.92. The first-order valence-electron chi connectivity index (χ1n) is 12.9. The summed E-state index contributed by atoms with van der Waals surface area (Å²) in [5.41, 5.74) is 1.41. The van der Waals surface area contributed by atoms with Crippen LogP contribution in [0.1, 0.15) is 48.2 Å². The molecule has 39 heavy (non-hydrogen) atoms. The minimum absolute atomic E-state index is 0.0417. The quantitative estimate of drug-likeness (QED) is 0.224. The summed E-state index contributed by atoms with van der Waals surface area (Å²) in [6.45, 7) is 9.16. The van der Waals surface area contributed by atoms with E-state index in [2.05, 4.69) is 33.5 Å². The van der Waals surface area contributed by atoms with Gasteiger partial charge in [-0.15, -0.1) is 0 Å². The second kappa shape index (κ2) is 12.3. The van der Waals surface area contributed by atoms with Gasteiger partial charge in [0.05, 0.1) is 16.9 Å². The van der Waals surface area contributed by atoms with Gasteiger partial charge in [0.1, 0.15) is 28.0 Å². The summed E-state index contributed by atoms with van der Waals surface area (Å²) in [7, 11) is 1.53. The highest BCUT2D eigenvalue weighted by atomic mass is 35.5. The van der Waals surface area contributed by atoms with Gasteiger partial charge in [-0.05, 0) is 56.5 Å². The summed E-state index contributed by atoms with van der Waals surface area (Å²) >= 11 is 8.13. The lowest BCUT2D eigenvalue weighted by atomic mass is 10.1. The molecular formula is C28H33ClFN5O3S. The topological polar surface area (TPSA) is 87.6 Å². The summed E-state index contributed by atoms with van der Waals surface area (Å²) in [5, 5.41) is 6.24. The van der Waals surface area contributed by atoms with Gasteiger partial charge in [0, 0.05) is 38.3 Å². The largest absolute Gasteiger partial charge is 0.454 e. The highest BCUT2D eigenvalue weighted by Crippen LogP contribution is 2.40. The molecule has 4 rings (SSSR count). The monoisotopic (exact) mass is 573 g/mol. The van der Waals surface area contributed by atoms with Crippen molar-refractivity contribution < 1.29 is 13.9 Å². The molecule has 1 aromatic heterocycles. The lowest BCUT2D eigenvalue weighted by Crippen LogP contribution is -2.31. The van der Waals surface area contributed by atoms with Crippen molar-refractivity contribution in [2.45, 2.75) is 46.6 Å². The second-order valence-corrected chi connectivity index (χ2v) is 10.7. The lowest BCUT2D eigenvalue weighted by Gasteiger charge is -2.22. The predicted molar refractivity (Wildman–Crippen MR) is 157 cm³/mol. The van der Waals surface area contributed by atoms with Gasteiger partial charge in [0.2, 0.25) is 0 Å². The van der Waals surface area contributed by atoms with Crippen molar-refractivity contribution in [1.82, 2.24) is 14.2 Å². The fourth-order valence-electron chi connectivity index (χ4n) is 3.98. The Morgan fingerprint density at radius 2 is 1.90 bits per heavy atom. The van der Waals surface area contributed by atoms with E-state index in [4.69, 9.17) is 16.3 Å². The zero-order chi connectivity index (χ0) is 28.3. The SMILES string of the molecule is CCN(CC)SNc1cccc(Oc2c(C(=O)NC3CC3)c(Nc3ccc(C)cc3F)n(C)c(=O)c2C)c1Cl. The fourth-order valence-corrected chi connectivity index (χ4v) is 4.90. The number of amides is 1. The van der Waals surface area contributed by atoms with Crippen molar-refractivity contribution in [2.24, 2.45) is 7.05 Å². The molecule has 1 amide bonds. The molecule has 8 nitrogen and oxygen atoms in total. The summed E-state index contributed by atoms with van der Waals surface area (Å²) in [5.74, 6) is -0.493. The number of nitrogens with zero attached hydrogens (tertiary/aromatic N) is 2. The Morgan fingerprint density at radius 3 is 2.54 bits per heavy atom. The van der Waals surface area contributed by atoms with E-state index in [0.717, 1.165) is 31.5 Å². The first kappa shape index (κ1) is 28.8. The normalized spacial score (nSPS) is 12.9. The maximum Gasteiger partial charge on any atom is 0.259 e. The molecule has 208 valence electrons. The van der Waals surface area contributed by atoms with Gasteiger partial charge < -0.3 is 20.1 Å². The van der Waals surface area contributed by atoms with Crippen LogP contribution in [0, 0.1) is 19.7 Å². The number of rotatable bonds is 11. The molecule has 0 radical (unpaired) electrons. The van der Waals surface area contributed by atoms with Crippen molar-refractivity contribution in [3.8, 4) is 11.5 Å². The Morgan fingerprint density at radius 1 is 1.18 bits per heavy atom. The fraction of sp³-hybridized carbons (Fsp3) is 0.357. The Hall–Kier alpha value is -3.21. The summed E-state index contributed by atoms with van der Waals surface area (Å²) in [6, 6.07) is 9.99. The second-order valence-electron chi connectivity index (χ2n) is 9.43. The van der Waals surface area contributed by atoms with Crippen LogP contribution in [0.5, 0.6) is 11.5 Å². The first-order chi connectivity index (χ1) is 18.6. The average molecular weight is 574 g/mol. The summed E-state index contributed by atoms with van der Waals surface area (Å²) in [4.78, 5) is 26.9. The van der Waals surface area contributed by atoms with E-state index < -0.39 is 17.3 Å². The number of ether oxygens (including phenoxy) is 1. The van der Waals surface area contributed by atoms with Crippen LogP contribution in [-0.2, 0) is 7.05 Å². The zero-order valence-electron chi connectivity index (χ0n) is 22.7. The Kier molecular flexibility index (Phi) is 9.09. The molecule has 0 aliphatic heterocycles. The van der Waals surface area contributed by atoms with Gasteiger partial charge in [-0.1, -0.05) is 37.6 Å². The average Bonchev–Trinajstić information content (AvgIpc) is 3.73. The van der Waals surface area contributed by atoms with E-state index in [1.165, 1.54) is 29.8 Å². The molecule has 11 heteroatoms. The van der Waals surface area contributed by atoms with E-state index in [0.29, 0.717) is 10.7 Å². The van der Waals surface area contributed by atoms with Crippen LogP contribution < -0.4 is 25.7 Å². The molecule has 0 atom stereocenters. The Labute approximate surface area is 237 Å². The molecule has 0 bridgehead atoms. The number of aryl methyl sites for hydroxylation is 1. The smallest absolute Gasteiger partial charge is 0.259 e. The van der Waals surface area contributed by atoms with E-state index >= 15 is 0 Å². The van der Waals surface area contributed by atoms with E-state index in [1.807, 2.05) is 6.07 Å². The van der Waals surface area contributed by atoms with Crippen molar-refractivity contribution >= 4 is 46.8 Å². The van der Waals surface area contributed by atoms with Gasteiger partial charge in [0.15, 0.2) is 5.75 Å². The van der Waals surface area contributed by atoms with E-state index in [9.17, 15) is 14.0 Å². The molecule has 2 aromatic carbocycles. The van der Waals surface area contributed by atoms with E-state index in [1.54, 1.807) is 38.1 Å². The summed E-state index contributed by atoms with van der Waals surface area (Å²) < 4.78 is 27.7. The van der Waals surface area contributed by atoms with Crippen LogP contribution in [0.25, 0.3) is 0 Å². The molecule has 0 saturated heterocycles. The van der Waals surface area contributed by atoms with Gasteiger partial charge in [-0.25, -0.2) is 8.70 Å². The van der Waals surface area contributed by atoms with Crippen molar-refractivity contribution in [3.05, 3.63) is 74.3 Å². The van der Waals surface area contributed by atoms with Crippen molar-refractivity contribution in [2.75, 3.05) is 23.1 Å². The molecule has 3 N–H and O–H groups in total. The molecule has 1 aliphatic rings. The molecule has 1 aliphatic carbocycles. The van der Waals surface area contributed by atoms with E-state index in [-0.39, 0.29) is 40.2 Å². The molecule has 1 heterocycles. The number of pyridine rings is 1. The minimum atomic E-state index is -0.508. The molecule has 0 spiro atoms. The van der Waals surface area contributed by atoms with Crippen LogP contribution >= 0.6 is 23.7 Å². The number of nitrogens with one attached hydrogen (secondary N) is 3. The predicted octanol–water partition coefficient (Wildman–Crippen LogP) is 6.54. The lowest BCUT2D eigenvalue weighted by molar-refractivity contribution is 0.0948. The molecule has 1 saturated carbocycles. The maximum atomic E-state index is 14.8. The number of hydrogen-bond donors (Lipinski definition) is 3. The highest BCUT2D eigenvalue weighted by molar-refractivity contribution is 7.98. The van der Waals surface area contributed by atoms with Gasteiger partial charge in [-0.3, -0.25) is 14.2 Å².